The summed E-state index contributed by atoms with van der Waals surface area (Å²) in [6, 6.07) is 13.0. The zero-order valence-corrected chi connectivity index (χ0v) is 21.4. The van der Waals surface area contributed by atoms with Crippen LogP contribution in [0.25, 0.3) is 17.0 Å². The maximum Gasteiger partial charge on any atom is 0.388 e. The van der Waals surface area contributed by atoms with Gasteiger partial charge in [0, 0.05) is 43.7 Å². The van der Waals surface area contributed by atoms with Crippen molar-refractivity contribution in [2.45, 2.75) is 45.0 Å². The SMILES string of the molecule is CC(C)c1ccc(-c2nc3ncccn3c2CN2CC3C(=O)C(C2)N3C(=O)c2cccc(OC(F)F)n2)cc1. The number of carbonyl (C=O) groups is 2. The molecule has 39 heavy (non-hydrogen) atoms. The van der Waals surface area contributed by atoms with Crippen LogP contribution in [0.3, 0.4) is 0 Å². The Morgan fingerprint density at radius 1 is 1.05 bits per heavy atom. The largest absolute Gasteiger partial charge is 0.417 e. The maximum absolute atomic E-state index is 13.2. The van der Waals surface area contributed by atoms with Crippen LogP contribution in [-0.2, 0) is 11.3 Å². The van der Waals surface area contributed by atoms with Crippen molar-refractivity contribution < 1.29 is 23.1 Å². The van der Waals surface area contributed by atoms with E-state index in [-0.39, 0.29) is 17.4 Å². The molecule has 9 nitrogen and oxygen atoms in total. The van der Waals surface area contributed by atoms with E-state index in [2.05, 4.69) is 57.7 Å². The van der Waals surface area contributed by atoms with E-state index in [1.54, 1.807) is 6.20 Å². The first-order chi connectivity index (χ1) is 18.8. The zero-order chi connectivity index (χ0) is 27.3. The number of benzene rings is 1. The van der Waals surface area contributed by atoms with Gasteiger partial charge in [-0.05, 0) is 23.6 Å². The lowest BCUT2D eigenvalue weighted by Crippen LogP contribution is -2.76. The van der Waals surface area contributed by atoms with Gasteiger partial charge in [0.05, 0.1) is 11.4 Å². The van der Waals surface area contributed by atoms with Crippen molar-refractivity contribution in [3.8, 4) is 17.1 Å². The van der Waals surface area contributed by atoms with Crippen LogP contribution in [0, 0.1) is 0 Å². The molecular formula is C28H26F2N6O3. The fourth-order valence-corrected chi connectivity index (χ4v) is 5.34. The van der Waals surface area contributed by atoms with Crippen LogP contribution in [0.1, 0.15) is 41.5 Å². The molecule has 3 fully saturated rings. The van der Waals surface area contributed by atoms with Crippen molar-refractivity contribution in [3.05, 3.63) is 77.9 Å². The van der Waals surface area contributed by atoms with E-state index >= 15 is 0 Å². The number of hydrogen-bond acceptors (Lipinski definition) is 7. The molecule has 1 aromatic carbocycles. The fraction of sp³-hybridized carbons (Fsp3) is 0.321. The number of pyridine rings is 1. The molecule has 2 unspecified atom stereocenters. The number of piperazine rings is 1. The Bertz CT molecular complexity index is 1540. The predicted molar refractivity (Wildman–Crippen MR) is 137 cm³/mol. The molecule has 1 amide bonds. The summed E-state index contributed by atoms with van der Waals surface area (Å²) >= 11 is 0. The number of alkyl halides is 2. The lowest BCUT2D eigenvalue weighted by atomic mass is 9.85. The first kappa shape index (κ1) is 25.1. The topological polar surface area (TPSA) is 92.9 Å². The van der Waals surface area contributed by atoms with Crippen LogP contribution in [0.5, 0.6) is 5.88 Å². The van der Waals surface area contributed by atoms with E-state index < -0.39 is 24.6 Å². The number of piperidine rings is 1. The van der Waals surface area contributed by atoms with E-state index in [0.29, 0.717) is 31.3 Å². The minimum absolute atomic E-state index is 0.0103. The highest BCUT2D eigenvalue weighted by atomic mass is 19.3. The number of rotatable bonds is 7. The lowest BCUT2D eigenvalue weighted by Gasteiger charge is -2.54. The van der Waals surface area contributed by atoms with E-state index in [1.807, 2.05) is 16.7 Å². The minimum Gasteiger partial charge on any atom is -0.417 e. The number of fused-ring (bicyclic) bond motifs is 3. The molecule has 0 spiro atoms. The predicted octanol–water partition coefficient (Wildman–Crippen LogP) is 3.79. The first-order valence-corrected chi connectivity index (χ1v) is 12.7. The molecule has 11 heteroatoms. The Kier molecular flexibility index (Phi) is 6.30. The summed E-state index contributed by atoms with van der Waals surface area (Å²) in [6.45, 7) is 2.44. The van der Waals surface area contributed by atoms with Crippen LogP contribution < -0.4 is 4.74 Å². The monoisotopic (exact) mass is 532 g/mol. The number of ether oxygens (including phenoxy) is 1. The number of ketones is 1. The molecule has 2 bridgehead atoms. The summed E-state index contributed by atoms with van der Waals surface area (Å²) in [6.07, 6.45) is 3.62. The molecule has 3 aliphatic heterocycles. The number of carbonyl (C=O) groups excluding carboxylic acids is 2. The molecule has 2 atom stereocenters. The lowest BCUT2D eigenvalue weighted by molar-refractivity contribution is -0.150. The molecule has 6 heterocycles. The molecule has 0 N–H and O–H groups in total. The Hall–Kier alpha value is -4.25. The standard InChI is InChI=1S/C28H26F2N6O3/c1-16(2)17-7-9-18(10-8-17)24-20(35-12-4-11-31-28(35)33-24)13-34-14-21-25(37)22(15-34)36(21)26(38)19-5-3-6-23(32-19)39-27(29)30/h3-12,16,21-22,27H,13-15H2,1-2H3. The van der Waals surface area contributed by atoms with Crippen LogP contribution in [0.2, 0.25) is 0 Å². The summed E-state index contributed by atoms with van der Waals surface area (Å²) in [5.74, 6) is 0.170. The van der Waals surface area contributed by atoms with Crippen LogP contribution >= 0.6 is 0 Å². The Balaban J connectivity index is 1.24. The third kappa shape index (κ3) is 4.52. The molecule has 0 aliphatic carbocycles. The number of aromatic nitrogens is 4. The third-order valence-corrected chi connectivity index (χ3v) is 7.30. The first-order valence-electron chi connectivity index (χ1n) is 12.7. The number of amides is 1. The van der Waals surface area contributed by atoms with Crippen molar-refractivity contribution in [2.24, 2.45) is 0 Å². The smallest absolute Gasteiger partial charge is 0.388 e. The number of halogens is 2. The average molecular weight is 533 g/mol. The Morgan fingerprint density at radius 2 is 1.79 bits per heavy atom. The zero-order valence-electron chi connectivity index (χ0n) is 21.4. The molecule has 3 aromatic heterocycles. The van der Waals surface area contributed by atoms with Crippen molar-refractivity contribution in [1.82, 2.24) is 29.2 Å². The van der Waals surface area contributed by atoms with Crippen molar-refractivity contribution in [1.29, 1.82) is 0 Å². The van der Waals surface area contributed by atoms with Gasteiger partial charge in [0.25, 0.3) is 5.91 Å². The van der Waals surface area contributed by atoms with Gasteiger partial charge in [0.15, 0.2) is 5.78 Å². The van der Waals surface area contributed by atoms with Gasteiger partial charge in [-0.15, -0.1) is 0 Å². The van der Waals surface area contributed by atoms with Gasteiger partial charge in [-0.25, -0.2) is 15.0 Å². The van der Waals surface area contributed by atoms with Gasteiger partial charge in [-0.1, -0.05) is 44.2 Å². The number of hydrogen-bond donors (Lipinski definition) is 0. The van der Waals surface area contributed by atoms with Gasteiger partial charge in [0.1, 0.15) is 17.8 Å². The summed E-state index contributed by atoms with van der Waals surface area (Å²) in [4.78, 5) is 42.7. The van der Waals surface area contributed by atoms with Crippen molar-refractivity contribution in [2.75, 3.05) is 13.1 Å². The van der Waals surface area contributed by atoms with Crippen LogP contribution in [-0.4, -0.2) is 72.6 Å². The van der Waals surface area contributed by atoms with E-state index in [9.17, 15) is 18.4 Å². The Labute approximate surface area is 223 Å². The fourth-order valence-electron chi connectivity index (χ4n) is 5.34. The van der Waals surface area contributed by atoms with Gasteiger partial charge >= 0.3 is 6.61 Å². The second kappa shape index (κ2) is 9.81. The summed E-state index contributed by atoms with van der Waals surface area (Å²) < 4.78 is 31.5. The molecule has 3 aliphatic rings. The molecule has 4 aromatic rings. The number of imidazole rings is 1. The van der Waals surface area contributed by atoms with Gasteiger partial charge in [-0.2, -0.15) is 8.78 Å². The second-order valence-corrected chi connectivity index (χ2v) is 10.1. The van der Waals surface area contributed by atoms with E-state index in [1.165, 1.54) is 28.7 Å². The quantitative estimate of drug-likeness (QED) is 0.358. The van der Waals surface area contributed by atoms with Gasteiger partial charge in [-0.3, -0.25) is 18.9 Å². The highest BCUT2D eigenvalue weighted by Crippen LogP contribution is 2.33. The average Bonchev–Trinajstić information content (AvgIpc) is 3.30. The van der Waals surface area contributed by atoms with E-state index in [4.69, 9.17) is 4.98 Å². The van der Waals surface area contributed by atoms with Gasteiger partial charge < -0.3 is 9.64 Å². The number of nitrogens with zero attached hydrogens (tertiary/aromatic N) is 6. The summed E-state index contributed by atoms with van der Waals surface area (Å²) in [7, 11) is 0. The minimum atomic E-state index is -3.05. The van der Waals surface area contributed by atoms with Crippen LogP contribution in [0.4, 0.5) is 8.78 Å². The van der Waals surface area contributed by atoms with Gasteiger partial charge in [0.2, 0.25) is 11.7 Å². The summed E-state index contributed by atoms with van der Waals surface area (Å²) in [5.41, 5.74) is 3.95. The Morgan fingerprint density at radius 3 is 2.49 bits per heavy atom. The molecular weight excluding hydrogens is 506 g/mol. The molecule has 3 saturated heterocycles. The second-order valence-electron chi connectivity index (χ2n) is 10.1. The maximum atomic E-state index is 13.2. The normalized spacial score (nSPS) is 19.1. The molecule has 200 valence electrons. The van der Waals surface area contributed by atoms with Crippen molar-refractivity contribution in [3.63, 3.8) is 0 Å². The summed E-state index contributed by atoms with van der Waals surface area (Å²) in [5, 5.41) is 0. The molecule has 0 radical (unpaired) electrons. The van der Waals surface area contributed by atoms with Crippen molar-refractivity contribution >= 4 is 17.5 Å². The third-order valence-electron chi connectivity index (χ3n) is 7.30. The highest BCUT2D eigenvalue weighted by molar-refractivity contribution is 6.07. The van der Waals surface area contributed by atoms with Crippen LogP contribution in [0.15, 0.2) is 60.9 Å². The van der Waals surface area contributed by atoms with E-state index in [0.717, 1.165) is 17.0 Å². The number of Topliss-reactive ketones (excluding diaryl/α,β-unsaturated/α-hetero) is 1. The highest BCUT2D eigenvalue weighted by Gasteiger charge is 2.55. The molecule has 0 saturated carbocycles. The molecule has 7 rings (SSSR count).